The monoisotopic (exact) mass is 405 g/mol. The highest BCUT2D eigenvalue weighted by atomic mass is 19.1. The molecule has 1 fully saturated rings. The number of aryl methyl sites for hydroxylation is 1. The van der Waals surface area contributed by atoms with Crippen LogP contribution in [0.15, 0.2) is 29.2 Å². The smallest absolute Gasteiger partial charge is 0.449 e. The van der Waals surface area contributed by atoms with Gasteiger partial charge in [0.15, 0.2) is 11.6 Å². The summed E-state index contributed by atoms with van der Waals surface area (Å²) >= 11 is 0. The number of benzene rings is 1. The zero-order valence-corrected chi connectivity index (χ0v) is 15.8. The van der Waals surface area contributed by atoms with Crippen molar-refractivity contribution in [3.8, 4) is 5.75 Å². The summed E-state index contributed by atoms with van der Waals surface area (Å²) < 4.78 is 36.3. The Morgan fingerprint density at radius 2 is 2.14 bits per heavy atom. The summed E-state index contributed by atoms with van der Waals surface area (Å²) in [7, 11) is 0. The van der Waals surface area contributed by atoms with Crippen molar-refractivity contribution >= 4 is 22.7 Å². The Morgan fingerprint density at radius 1 is 1.38 bits per heavy atom. The van der Waals surface area contributed by atoms with E-state index in [0.717, 1.165) is 18.7 Å². The number of anilines is 1. The van der Waals surface area contributed by atoms with Gasteiger partial charge in [0, 0.05) is 31.6 Å². The molecule has 0 amide bonds. The Hall–Kier alpha value is -2.94. The van der Waals surface area contributed by atoms with Gasteiger partial charge in [0.25, 0.3) is 0 Å². The molecule has 3 N–H and O–H groups in total. The van der Waals surface area contributed by atoms with Gasteiger partial charge in [-0.1, -0.05) is 12.2 Å². The number of fused-ring (bicyclic) bond motifs is 2. The molecule has 3 atom stereocenters. The Kier molecular flexibility index (Phi) is 4.77. The van der Waals surface area contributed by atoms with Crippen LogP contribution in [-0.4, -0.2) is 35.0 Å². The molecule has 1 aliphatic heterocycles. The number of halogens is 2. The lowest BCUT2D eigenvalue weighted by Crippen LogP contribution is -2.36. The Balaban J connectivity index is 1.86. The average molecular weight is 405 g/mol. The molecule has 9 heteroatoms. The van der Waals surface area contributed by atoms with Crippen molar-refractivity contribution in [2.24, 2.45) is 17.6 Å². The zero-order chi connectivity index (χ0) is 20.9. The molecular weight excluding hydrogens is 384 g/mol. The van der Waals surface area contributed by atoms with Gasteiger partial charge >= 0.3 is 6.16 Å². The molecule has 154 valence electrons. The number of aromatic nitrogens is 1. The van der Waals surface area contributed by atoms with E-state index in [-0.39, 0.29) is 41.0 Å². The van der Waals surface area contributed by atoms with E-state index < -0.39 is 29.0 Å². The summed E-state index contributed by atoms with van der Waals surface area (Å²) in [5, 5.41) is 8.54. The number of nitrogens with zero attached hydrogens (tertiary/aromatic N) is 2. The van der Waals surface area contributed by atoms with E-state index >= 15 is 4.39 Å². The third-order valence-electron chi connectivity index (χ3n) is 5.80. The van der Waals surface area contributed by atoms with E-state index in [1.165, 1.54) is 4.57 Å². The first-order valence-electron chi connectivity index (χ1n) is 9.44. The molecule has 1 aliphatic carbocycles. The first-order chi connectivity index (χ1) is 13.8. The minimum absolute atomic E-state index is 0.0638. The number of hydrogen-bond donors (Lipinski definition) is 2. The van der Waals surface area contributed by atoms with Gasteiger partial charge in [-0.3, -0.25) is 4.79 Å². The van der Waals surface area contributed by atoms with Crippen LogP contribution >= 0.6 is 0 Å². The predicted molar refractivity (Wildman–Crippen MR) is 103 cm³/mol. The molecule has 1 aromatic heterocycles. The molecule has 29 heavy (non-hydrogen) atoms. The molecule has 1 aromatic carbocycles. The highest BCUT2D eigenvalue weighted by Gasteiger charge is 2.39. The lowest BCUT2D eigenvalue weighted by Gasteiger charge is -2.25. The largest absolute Gasteiger partial charge is 0.511 e. The van der Waals surface area contributed by atoms with Gasteiger partial charge in [-0.25, -0.2) is 13.6 Å². The third kappa shape index (κ3) is 3.15. The summed E-state index contributed by atoms with van der Waals surface area (Å²) in [6.45, 7) is 2.79. The van der Waals surface area contributed by atoms with Crippen LogP contribution in [0.25, 0.3) is 10.9 Å². The minimum atomic E-state index is -1.68. The van der Waals surface area contributed by atoms with Crippen molar-refractivity contribution < 1.29 is 23.4 Å². The molecule has 3 unspecified atom stereocenters. The maximum atomic E-state index is 15.5. The topological polar surface area (TPSA) is 97.8 Å². The minimum Gasteiger partial charge on any atom is -0.449 e. The molecule has 2 aromatic rings. The van der Waals surface area contributed by atoms with Gasteiger partial charge in [0.05, 0.1) is 17.1 Å². The Morgan fingerprint density at radius 3 is 2.79 bits per heavy atom. The van der Waals surface area contributed by atoms with Gasteiger partial charge in [0.1, 0.15) is 11.5 Å². The molecular formula is C20H21F2N3O4. The lowest BCUT2D eigenvalue weighted by molar-refractivity contribution is 0.144. The number of carbonyl (C=O) groups is 1. The van der Waals surface area contributed by atoms with Crippen LogP contribution in [0, 0.1) is 23.5 Å². The maximum Gasteiger partial charge on any atom is 0.511 e. The summed E-state index contributed by atoms with van der Waals surface area (Å²) in [6, 6.07) is 0.889. The van der Waals surface area contributed by atoms with E-state index in [9.17, 15) is 14.0 Å². The Bertz CT molecular complexity index is 1080. The number of rotatable bonds is 3. The van der Waals surface area contributed by atoms with Crippen LogP contribution in [-0.2, 0) is 6.54 Å². The van der Waals surface area contributed by atoms with E-state index in [1.54, 1.807) is 11.8 Å². The second-order valence-corrected chi connectivity index (χ2v) is 7.45. The van der Waals surface area contributed by atoms with Gasteiger partial charge in [-0.15, -0.1) is 0 Å². The predicted octanol–water partition coefficient (Wildman–Crippen LogP) is 2.70. The van der Waals surface area contributed by atoms with E-state index in [0.29, 0.717) is 13.1 Å². The van der Waals surface area contributed by atoms with Crippen LogP contribution in [0.1, 0.15) is 13.3 Å². The van der Waals surface area contributed by atoms with Gasteiger partial charge in [0.2, 0.25) is 5.43 Å². The maximum absolute atomic E-state index is 15.5. The van der Waals surface area contributed by atoms with Crippen LogP contribution < -0.4 is 20.8 Å². The molecule has 0 spiro atoms. The molecule has 0 saturated carbocycles. The summed E-state index contributed by atoms with van der Waals surface area (Å²) in [4.78, 5) is 25.0. The first kappa shape index (κ1) is 19.4. The summed E-state index contributed by atoms with van der Waals surface area (Å²) in [5.41, 5.74) is 5.02. The van der Waals surface area contributed by atoms with Crippen molar-refractivity contribution in [1.29, 1.82) is 0 Å². The van der Waals surface area contributed by atoms with Crippen molar-refractivity contribution in [1.82, 2.24) is 4.57 Å². The summed E-state index contributed by atoms with van der Waals surface area (Å²) in [6.07, 6.45) is 4.24. The first-order valence-corrected chi connectivity index (χ1v) is 9.44. The zero-order valence-electron chi connectivity index (χ0n) is 15.8. The van der Waals surface area contributed by atoms with E-state index in [2.05, 4.69) is 4.74 Å². The normalized spacial score (nSPS) is 23.4. The number of hydrogen-bond acceptors (Lipinski definition) is 5. The van der Waals surface area contributed by atoms with Crippen molar-refractivity contribution in [2.45, 2.75) is 25.9 Å². The van der Waals surface area contributed by atoms with E-state index in [1.807, 2.05) is 12.2 Å². The molecule has 2 aliphatic rings. The SMILES string of the molecule is CCn1cc(OC(=O)O)c(=O)c2cc(F)c(N3CC4C=CCC(N)C4C3)c(F)c21. The van der Waals surface area contributed by atoms with E-state index in [4.69, 9.17) is 10.8 Å². The molecule has 7 nitrogen and oxygen atoms in total. The molecule has 2 heterocycles. The average Bonchev–Trinajstić information content (AvgIpc) is 3.09. The standard InChI is InChI=1S/C20H21F2N3O4/c1-2-24-9-15(29-20(27)28)19(26)11-6-13(21)18(16(22)17(11)24)25-7-10-4-3-5-14(23)12(10)8-25/h3-4,6,9-10,12,14H,2,5,7-8,23H2,1H3,(H,27,28). The highest BCUT2D eigenvalue weighted by molar-refractivity contribution is 5.85. The van der Waals surface area contributed by atoms with Crippen molar-refractivity contribution in [3.05, 3.63) is 46.3 Å². The van der Waals surface area contributed by atoms with Crippen molar-refractivity contribution in [3.63, 3.8) is 0 Å². The van der Waals surface area contributed by atoms with Crippen LogP contribution in [0.2, 0.25) is 0 Å². The second-order valence-electron chi connectivity index (χ2n) is 7.45. The fraction of sp³-hybridized carbons (Fsp3) is 0.400. The number of carboxylic acid groups (broad SMARTS) is 1. The van der Waals surface area contributed by atoms with Crippen LogP contribution in [0.5, 0.6) is 5.75 Å². The van der Waals surface area contributed by atoms with Crippen LogP contribution in [0.4, 0.5) is 19.3 Å². The highest BCUT2D eigenvalue weighted by Crippen LogP contribution is 2.38. The Labute approximate surface area is 165 Å². The molecule has 4 rings (SSSR count). The lowest BCUT2D eigenvalue weighted by atomic mass is 9.83. The fourth-order valence-corrected chi connectivity index (χ4v) is 4.43. The number of ether oxygens (including phenoxy) is 1. The van der Waals surface area contributed by atoms with Crippen LogP contribution in [0.3, 0.4) is 0 Å². The summed E-state index contributed by atoms with van der Waals surface area (Å²) in [5.74, 6) is -2.00. The van der Waals surface area contributed by atoms with Crippen molar-refractivity contribution in [2.75, 3.05) is 18.0 Å². The molecule has 0 bridgehead atoms. The van der Waals surface area contributed by atoms with Gasteiger partial charge in [-0.2, -0.15) is 0 Å². The third-order valence-corrected chi connectivity index (χ3v) is 5.80. The number of nitrogens with two attached hydrogens (primary N) is 1. The fourth-order valence-electron chi connectivity index (χ4n) is 4.43. The van der Waals surface area contributed by atoms with Gasteiger partial charge < -0.3 is 25.0 Å². The second kappa shape index (κ2) is 7.14. The molecule has 0 radical (unpaired) electrons. The quantitative estimate of drug-likeness (QED) is 0.602. The molecule has 1 saturated heterocycles. The number of pyridine rings is 1. The van der Waals surface area contributed by atoms with Gasteiger partial charge in [-0.05, 0) is 25.3 Å².